The summed E-state index contributed by atoms with van der Waals surface area (Å²) in [5, 5.41) is 0. The molecule has 17 heavy (non-hydrogen) atoms. The molecule has 2 nitrogen and oxygen atoms in total. The molecule has 0 spiro atoms. The molecule has 0 saturated carbocycles. The summed E-state index contributed by atoms with van der Waals surface area (Å²) in [4.78, 5) is 2.91. The SMILES string of the molecule is CN(Cc1ccc(C(N)=S)cc1)C1CCSC1. The Morgan fingerprint density at radius 3 is 2.71 bits per heavy atom. The van der Waals surface area contributed by atoms with Gasteiger partial charge >= 0.3 is 0 Å². The van der Waals surface area contributed by atoms with Gasteiger partial charge in [0.05, 0.1) is 0 Å². The molecule has 2 rings (SSSR count). The van der Waals surface area contributed by atoms with Crippen molar-refractivity contribution in [1.82, 2.24) is 4.90 Å². The number of thiocarbonyl (C=S) groups is 1. The minimum Gasteiger partial charge on any atom is -0.389 e. The molecule has 1 atom stereocenters. The van der Waals surface area contributed by atoms with Gasteiger partial charge in [0, 0.05) is 23.9 Å². The van der Waals surface area contributed by atoms with Crippen LogP contribution in [0.2, 0.25) is 0 Å². The van der Waals surface area contributed by atoms with E-state index in [1.54, 1.807) is 0 Å². The van der Waals surface area contributed by atoms with Crippen molar-refractivity contribution in [3.05, 3.63) is 35.4 Å². The lowest BCUT2D eigenvalue weighted by Crippen LogP contribution is -2.30. The number of hydrogen-bond donors (Lipinski definition) is 1. The number of nitrogens with zero attached hydrogens (tertiary/aromatic N) is 1. The number of nitrogens with two attached hydrogens (primary N) is 1. The van der Waals surface area contributed by atoms with Gasteiger partial charge in [0.25, 0.3) is 0 Å². The maximum atomic E-state index is 5.58. The first kappa shape index (κ1) is 12.9. The first-order valence-electron chi connectivity index (χ1n) is 5.83. The van der Waals surface area contributed by atoms with Gasteiger partial charge in [-0.1, -0.05) is 36.5 Å². The highest BCUT2D eigenvalue weighted by molar-refractivity contribution is 7.99. The molecule has 1 heterocycles. The van der Waals surface area contributed by atoms with Crippen LogP contribution >= 0.6 is 24.0 Å². The van der Waals surface area contributed by atoms with Gasteiger partial charge in [0.1, 0.15) is 4.99 Å². The fraction of sp³-hybridized carbons (Fsp3) is 0.462. The van der Waals surface area contributed by atoms with E-state index in [1.165, 1.54) is 23.5 Å². The maximum Gasteiger partial charge on any atom is 0.103 e. The van der Waals surface area contributed by atoms with E-state index in [0.717, 1.165) is 18.2 Å². The molecule has 0 amide bonds. The van der Waals surface area contributed by atoms with Crippen LogP contribution in [0.3, 0.4) is 0 Å². The summed E-state index contributed by atoms with van der Waals surface area (Å²) in [6.07, 6.45) is 1.31. The highest BCUT2D eigenvalue weighted by atomic mass is 32.2. The lowest BCUT2D eigenvalue weighted by Gasteiger charge is -2.23. The molecule has 1 aliphatic heterocycles. The van der Waals surface area contributed by atoms with Crippen LogP contribution < -0.4 is 5.73 Å². The van der Waals surface area contributed by atoms with Crippen molar-refractivity contribution in [2.45, 2.75) is 19.0 Å². The largest absolute Gasteiger partial charge is 0.389 e. The highest BCUT2D eigenvalue weighted by Gasteiger charge is 2.19. The predicted octanol–water partition coefficient (Wildman–Crippen LogP) is 2.26. The van der Waals surface area contributed by atoms with Gasteiger partial charge in [-0.05, 0) is 24.8 Å². The second-order valence-electron chi connectivity index (χ2n) is 4.49. The molecule has 1 saturated heterocycles. The monoisotopic (exact) mass is 266 g/mol. The molecule has 1 aromatic carbocycles. The molecule has 0 aromatic heterocycles. The molecule has 1 fully saturated rings. The number of benzene rings is 1. The third-order valence-electron chi connectivity index (χ3n) is 3.20. The van der Waals surface area contributed by atoms with Crippen LogP contribution in [0.5, 0.6) is 0 Å². The van der Waals surface area contributed by atoms with Gasteiger partial charge in [-0.3, -0.25) is 4.90 Å². The Balaban J connectivity index is 1.96. The standard InChI is InChI=1S/C13H18N2S2/c1-15(12-6-7-17-9-12)8-10-2-4-11(5-3-10)13(14)16/h2-5,12H,6-9H2,1H3,(H2,14,16). The Bertz CT molecular complexity index is 383. The first-order chi connectivity index (χ1) is 8.16. The van der Waals surface area contributed by atoms with Crippen LogP contribution in [0, 0.1) is 0 Å². The summed E-state index contributed by atoms with van der Waals surface area (Å²) in [5.74, 6) is 2.57. The Labute approximate surface area is 113 Å². The van der Waals surface area contributed by atoms with E-state index >= 15 is 0 Å². The quantitative estimate of drug-likeness (QED) is 0.847. The normalized spacial score (nSPS) is 19.8. The van der Waals surface area contributed by atoms with Crippen LogP contribution in [0.1, 0.15) is 17.5 Å². The minimum atomic E-state index is 0.470. The second kappa shape index (κ2) is 5.85. The number of hydrogen-bond acceptors (Lipinski definition) is 3. The van der Waals surface area contributed by atoms with E-state index in [9.17, 15) is 0 Å². The number of rotatable bonds is 4. The van der Waals surface area contributed by atoms with E-state index in [1.807, 2.05) is 12.1 Å². The molecule has 0 bridgehead atoms. The lowest BCUT2D eigenvalue weighted by molar-refractivity contribution is 0.254. The van der Waals surface area contributed by atoms with Crippen LogP contribution in [-0.4, -0.2) is 34.5 Å². The zero-order chi connectivity index (χ0) is 12.3. The Kier molecular flexibility index (Phi) is 4.42. The fourth-order valence-electron chi connectivity index (χ4n) is 2.06. The fourth-order valence-corrected chi connectivity index (χ4v) is 3.50. The van der Waals surface area contributed by atoms with E-state index in [2.05, 4.69) is 35.8 Å². The molecule has 1 unspecified atom stereocenters. The Hall–Kier alpha value is -0.580. The smallest absolute Gasteiger partial charge is 0.103 e. The van der Waals surface area contributed by atoms with Crippen molar-refractivity contribution < 1.29 is 0 Å². The van der Waals surface area contributed by atoms with Crippen LogP contribution in [0.4, 0.5) is 0 Å². The highest BCUT2D eigenvalue weighted by Crippen LogP contribution is 2.22. The van der Waals surface area contributed by atoms with Crippen LogP contribution in [0.25, 0.3) is 0 Å². The molecule has 0 aliphatic carbocycles. The summed E-state index contributed by atoms with van der Waals surface area (Å²) in [7, 11) is 2.21. The van der Waals surface area contributed by atoms with E-state index < -0.39 is 0 Å². The van der Waals surface area contributed by atoms with E-state index in [-0.39, 0.29) is 0 Å². The second-order valence-corrected chi connectivity index (χ2v) is 6.08. The Morgan fingerprint density at radius 1 is 1.47 bits per heavy atom. The summed E-state index contributed by atoms with van der Waals surface area (Å²) in [6, 6.07) is 8.99. The average Bonchev–Trinajstić information content (AvgIpc) is 2.83. The molecule has 92 valence electrons. The summed E-state index contributed by atoms with van der Waals surface area (Å²) < 4.78 is 0. The summed E-state index contributed by atoms with van der Waals surface area (Å²) >= 11 is 7.00. The lowest BCUT2D eigenvalue weighted by atomic mass is 10.1. The van der Waals surface area contributed by atoms with Crippen molar-refractivity contribution in [3.8, 4) is 0 Å². The van der Waals surface area contributed by atoms with Crippen LogP contribution in [-0.2, 0) is 6.54 Å². The van der Waals surface area contributed by atoms with E-state index in [4.69, 9.17) is 18.0 Å². The zero-order valence-electron chi connectivity index (χ0n) is 10.1. The number of thioether (sulfide) groups is 1. The molecular formula is C13H18N2S2. The van der Waals surface area contributed by atoms with Gasteiger partial charge < -0.3 is 5.73 Å². The topological polar surface area (TPSA) is 29.3 Å². The zero-order valence-corrected chi connectivity index (χ0v) is 11.7. The summed E-state index contributed by atoms with van der Waals surface area (Å²) in [5.41, 5.74) is 7.85. The van der Waals surface area contributed by atoms with E-state index in [0.29, 0.717) is 4.99 Å². The van der Waals surface area contributed by atoms with Crippen LogP contribution in [0.15, 0.2) is 24.3 Å². The Morgan fingerprint density at radius 2 is 2.18 bits per heavy atom. The van der Waals surface area contributed by atoms with Gasteiger partial charge in [0.15, 0.2) is 0 Å². The van der Waals surface area contributed by atoms with Crippen molar-refractivity contribution in [1.29, 1.82) is 0 Å². The molecule has 1 aliphatic rings. The molecular weight excluding hydrogens is 248 g/mol. The van der Waals surface area contributed by atoms with Crippen molar-refractivity contribution in [2.75, 3.05) is 18.6 Å². The van der Waals surface area contributed by atoms with Gasteiger partial charge in [0.2, 0.25) is 0 Å². The third kappa shape index (κ3) is 3.44. The van der Waals surface area contributed by atoms with Crippen molar-refractivity contribution in [2.24, 2.45) is 5.73 Å². The average molecular weight is 266 g/mol. The molecule has 0 radical (unpaired) electrons. The van der Waals surface area contributed by atoms with Gasteiger partial charge in [-0.15, -0.1) is 0 Å². The first-order valence-corrected chi connectivity index (χ1v) is 7.40. The molecule has 4 heteroatoms. The van der Waals surface area contributed by atoms with Crippen molar-refractivity contribution >= 4 is 29.0 Å². The van der Waals surface area contributed by atoms with Crippen molar-refractivity contribution in [3.63, 3.8) is 0 Å². The van der Waals surface area contributed by atoms with Gasteiger partial charge in [-0.25, -0.2) is 0 Å². The summed E-state index contributed by atoms with van der Waals surface area (Å²) in [6.45, 7) is 1.00. The minimum absolute atomic E-state index is 0.470. The molecule has 1 aromatic rings. The third-order valence-corrected chi connectivity index (χ3v) is 4.58. The predicted molar refractivity (Wildman–Crippen MR) is 79.5 cm³/mol. The molecule has 2 N–H and O–H groups in total. The van der Waals surface area contributed by atoms with Gasteiger partial charge in [-0.2, -0.15) is 11.8 Å². The maximum absolute atomic E-state index is 5.58.